The standard InChI is InChI=1S/C33H36ClN5O2/c34-27-5-1-4-25-23-39(32(41)30(25)27)28-6-2-3-24-9-17-38(31(24)28)18-10-29(40)37-21-13-33(14-22-37)11-19-36(20-12-33)26-7-15-35-16-8-26/h1-9,15-17,32,41H,10-14,18-23H2. The summed E-state index contributed by atoms with van der Waals surface area (Å²) in [7, 11) is 0. The largest absolute Gasteiger partial charge is 0.371 e. The van der Waals surface area contributed by atoms with E-state index in [-0.39, 0.29) is 5.91 Å². The summed E-state index contributed by atoms with van der Waals surface area (Å²) < 4.78 is 2.17. The average Bonchev–Trinajstić information content (AvgIpc) is 3.58. The first-order valence-electron chi connectivity index (χ1n) is 14.7. The Morgan fingerprint density at radius 1 is 0.951 bits per heavy atom. The number of aryl methyl sites for hydroxylation is 1. The van der Waals surface area contributed by atoms with Crippen LogP contribution in [0.5, 0.6) is 0 Å². The predicted molar refractivity (Wildman–Crippen MR) is 163 cm³/mol. The van der Waals surface area contributed by atoms with Crippen molar-refractivity contribution in [1.82, 2.24) is 14.5 Å². The fraction of sp³-hybridized carbons (Fsp3) is 0.394. The summed E-state index contributed by atoms with van der Waals surface area (Å²) in [5, 5.41) is 12.9. The molecule has 2 fully saturated rings. The molecule has 1 unspecified atom stereocenters. The van der Waals surface area contributed by atoms with Gasteiger partial charge >= 0.3 is 0 Å². The number of likely N-dealkylation sites (tertiary alicyclic amines) is 1. The summed E-state index contributed by atoms with van der Waals surface area (Å²) in [5.74, 6) is 0.230. The second-order valence-electron chi connectivity index (χ2n) is 11.9. The number of hydrogen-bond acceptors (Lipinski definition) is 5. The Labute approximate surface area is 245 Å². The molecule has 3 aliphatic heterocycles. The number of para-hydroxylation sites is 1. The molecule has 4 aromatic rings. The highest BCUT2D eigenvalue weighted by Crippen LogP contribution is 2.43. The van der Waals surface area contributed by atoms with Gasteiger partial charge in [0.25, 0.3) is 0 Å². The fourth-order valence-electron chi connectivity index (χ4n) is 7.21. The number of aliphatic hydroxyl groups is 1. The van der Waals surface area contributed by atoms with E-state index in [0.717, 1.165) is 66.7 Å². The Morgan fingerprint density at radius 3 is 2.44 bits per heavy atom. The fourth-order valence-corrected chi connectivity index (χ4v) is 7.50. The van der Waals surface area contributed by atoms with Gasteiger partial charge in [-0.25, -0.2) is 0 Å². The zero-order valence-electron chi connectivity index (χ0n) is 23.3. The minimum absolute atomic E-state index is 0.230. The lowest BCUT2D eigenvalue weighted by molar-refractivity contribution is -0.134. The van der Waals surface area contributed by atoms with E-state index in [9.17, 15) is 9.90 Å². The number of anilines is 2. The Balaban J connectivity index is 0.990. The second kappa shape index (κ2) is 10.7. The van der Waals surface area contributed by atoms with E-state index in [1.54, 1.807) is 0 Å². The summed E-state index contributed by atoms with van der Waals surface area (Å²) in [4.78, 5) is 24.0. The molecule has 0 bridgehead atoms. The maximum absolute atomic E-state index is 13.4. The van der Waals surface area contributed by atoms with Crippen LogP contribution in [0.2, 0.25) is 5.02 Å². The van der Waals surface area contributed by atoms with Gasteiger partial charge < -0.3 is 24.4 Å². The molecule has 0 aliphatic carbocycles. The van der Waals surface area contributed by atoms with Crippen LogP contribution in [0.1, 0.15) is 49.5 Å². The number of hydrogen-bond donors (Lipinski definition) is 1. The summed E-state index contributed by atoms with van der Waals surface area (Å²) in [6.07, 6.45) is 10.0. The normalized spacial score (nSPS) is 20.1. The summed E-state index contributed by atoms with van der Waals surface area (Å²) in [6, 6.07) is 18.2. The SMILES string of the molecule is O=C(CCn1ccc2cccc(N3Cc4cccc(Cl)c4C3O)c21)N1CCC2(CC1)CCN(c1ccncc1)CC2. The summed E-state index contributed by atoms with van der Waals surface area (Å²) in [5.41, 5.74) is 5.45. The van der Waals surface area contributed by atoms with Gasteiger partial charge in [-0.05, 0) is 67.0 Å². The lowest BCUT2D eigenvalue weighted by Crippen LogP contribution is -2.48. The quantitative estimate of drug-likeness (QED) is 0.319. The number of carbonyl (C=O) groups is 1. The van der Waals surface area contributed by atoms with Crippen molar-refractivity contribution in [1.29, 1.82) is 0 Å². The monoisotopic (exact) mass is 569 g/mol. The number of aliphatic hydroxyl groups excluding tert-OH is 1. The number of rotatable bonds is 5. The van der Waals surface area contributed by atoms with Gasteiger partial charge in [0.1, 0.15) is 0 Å². The minimum Gasteiger partial charge on any atom is -0.371 e. The number of amides is 1. The Bertz CT molecular complexity index is 1550. The van der Waals surface area contributed by atoms with Crippen LogP contribution in [0.15, 0.2) is 73.2 Å². The van der Waals surface area contributed by atoms with Gasteiger partial charge in [-0.3, -0.25) is 9.78 Å². The van der Waals surface area contributed by atoms with Gasteiger partial charge in [-0.1, -0.05) is 35.9 Å². The number of benzene rings is 2. The van der Waals surface area contributed by atoms with Crippen LogP contribution in [0.4, 0.5) is 11.4 Å². The molecule has 1 amide bonds. The van der Waals surface area contributed by atoms with Crippen molar-refractivity contribution in [2.75, 3.05) is 36.0 Å². The van der Waals surface area contributed by atoms with Crippen molar-refractivity contribution >= 4 is 39.8 Å². The summed E-state index contributed by atoms with van der Waals surface area (Å²) in [6.45, 7) is 5.05. The molecular formula is C33H36ClN5O2. The third-order valence-electron chi connectivity index (χ3n) is 9.71. The Morgan fingerprint density at radius 2 is 1.68 bits per heavy atom. The molecule has 1 N–H and O–H groups in total. The molecule has 8 heteroatoms. The van der Waals surface area contributed by atoms with E-state index in [2.05, 4.69) is 49.8 Å². The van der Waals surface area contributed by atoms with Crippen molar-refractivity contribution in [3.05, 3.63) is 89.3 Å². The number of nitrogens with zero attached hydrogens (tertiary/aromatic N) is 5. The van der Waals surface area contributed by atoms with Gasteiger partial charge in [0.15, 0.2) is 6.23 Å². The zero-order valence-corrected chi connectivity index (χ0v) is 24.0. The van der Waals surface area contributed by atoms with Gasteiger partial charge in [-0.15, -0.1) is 0 Å². The molecule has 7 rings (SSSR count). The van der Waals surface area contributed by atoms with Crippen molar-refractivity contribution in [2.45, 2.75) is 51.4 Å². The van der Waals surface area contributed by atoms with Gasteiger partial charge in [-0.2, -0.15) is 0 Å². The number of fused-ring (bicyclic) bond motifs is 2. The smallest absolute Gasteiger partial charge is 0.224 e. The van der Waals surface area contributed by atoms with Gasteiger partial charge in [0.2, 0.25) is 5.91 Å². The van der Waals surface area contributed by atoms with Crippen LogP contribution in [0.3, 0.4) is 0 Å². The van der Waals surface area contributed by atoms with Crippen molar-refractivity contribution < 1.29 is 9.90 Å². The van der Waals surface area contributed by atoms with Crippen molar-refractivity contribution in [3.8, 4) is 0 Å². The molecule has 0 saturated carbocycles. The average molecular weight is 570 g/mol. The van der Waals surface area contributed by atoms with Crippen LogP contribution in [-0.2, 0) is 17.9 Å². The first kappa shape index (κ1) is 26.4. The molecule has 1 spiro atoms. The van der Waals surface area contributed by atoms with E-state index in [0.29, 0.717) is 29.9 Å². The van der Waals surface area contributed by atoms with Gasteiger partial charge in [0, 0.05) is 85.9 Å². The molecule has 5 heterocycles. The maximum atomic E-state index is 13.4. The maximum Gasteiger partial charge on any atom is 0.224 e. The van der Waals surface area contributed by atoms with Crippen LogP contribution in [0.25, 0.3) is 10.9 Å². The molecule has 212 valence electrons. The van der Waals surface area contributed by atoms with Crippen LogP contribution >= 0.6 is 11.6 Å². The lowest BCUT2D eigenvalue weighted by Gasteiger charge is -2.47. The summed E-state index contributed by atoms with van der Waals surface area (Å²) >= 11 is 6.45. The predicted octanol–water partition coefficient (Wildman–Crippen LogP) is 6.00. The first-order chi connectivity index (χ1) is 20.0. The number of aromatic nitrogens is 2. The molecular weight excluding hydrogens is 534 g/mol. The van der Waals surface area contributed by atoms with Crippen LogP contribution in [0, 0.1) is 5.41 Å². The van der Waals surface area contributed by atoms with E-state index >= 15 is 0 Å². The number of carbonyl (C=O) groups excluding carboxylic acids is 1. The van der Waals surface area contributed by atoms with Crippen molar-refractivity contribution in [3.63, 3.8) is 0 Å². The first-order valence-corrected chi connectivity index (χ1v) is 15.1. The number of pyridine rings is 1. The molecule has 1 atom stereocenters. The third kappa shape index (κ3) is 4.85. The number of halogens is 1. The molecule has 2 aromatic carbocycles. The highest BCUT2D eigenvalue weighted by atomic mass is 35.5. The van der Waals surface area contributed by atoms with E-state index < -0.39 is 6.23 Å². The minimum atomic E-state index is -0.800. The number of piperidine rings is 2. The molecule has 7 nitrogen and oxygen atoms in total. The van der Waals surface area contributed by atoms with E-state index in [1.165, 1.54) is 18.5 Å². The third-order valence-corrected chi connectivity index (χ3v) is 10.0. The Kier molecular flexibility index (Phi) is 6.87. The van der Waals surface area contributed by atoms with E-state index in [1.807, 2.05) is 47.6 Å². The molecule has 3 aliphatic rings. The molecule has 2 saturated heterocycles. The van der Waals surface area contributed by atoms with Crippen LogP contribution < -0.4 is 9.80 Å². The van der Waals surface area contributed by atoms with Crippen molar-refractivity contribution in [2.24, 2.45) is 5.41 Å². The Hall–Kier alpha value is -3.55. The molecule has 0 radical (unpaired) electrons. The molecule has 2 aromatic heterocycles. The lowest BCUT2D eigenvalue weighted by atomic mass is 9.71. The zero-order chi connectivity index (χ0) is 28.0. The molecule has 41 heavy (non-hydrogen) atoms. The van der Waals surface area contributed by atoms with Gasteiger partial charge in [0.05, 0.1) is 11.2 Å². The topological polar surface area (TPSA) is 64.8 Å². The van der Waals surface area contributed by atoms with Crippen LogP contribution in [-0.4, -0.2) is 51.6 Å². The second-order valence-corrected chi connectivity index (χ2v) is 12.3. The van der Waals surface area contributed by atoms with E-state index in [4.69, 9.17) is 11.6 Å². The highest BCUT2D eigenvalue weighted by Gasteiger charge is 2.38. The highest BCUT2D eigenvalue weighted by molar-refractivity contribution is 6.31.